The van der Waals surface area contributed by atoms with Crippen molar-refractivity contribution in [2.75, 3.05) is 27.4 Å². The van der Waals surface area contributed by atoms with Crippen LogP contribution in [0.15, 0.2) is 48.0 Å². The summed E-state index contributed by atoms with van der Waals surface area (Å²) in [7, 11) is 3.03. The van der Waals surface area contributed by atoms with E-state index in [1.165, 1.54) is 24.1 Å². The summed E-state index contributed by atoms with van der Waals surface area (Å²) in [5, 5.41) is 21.1. The van der Waals surface area contributed by atoms with Crippen LogP contribution in [0.1, 0.15) is 29.2 Å². The summed E-state index contributed by atoms with van der Waals surface area (Å²) in [5.74, 6) is -1.40. The monoisotopic (exact) mass is 411 g/mol. The molecule has 7 heteroatoms. The lowest BCUT2D eigenvalue weighted by atomic mass is 9.94. The van der Waals surface area contributed by atoms with E-state index in [1.54, 1.807) is 31.4 Å². The van der Waals surface area contributed by atoms with Gasteiger partial charge in [-0.05, 0) is 43.2 Å². The molecule has 7 nitrogen and oxygen atoms in total. The minimum atomic E-state index is -0.834. The highest BCUT2D eigenvalue weighted by Gasteiger charge is 2.46. The molecule has 2 aromatic carbocycles. The third-order valence-corrected chi connectivity index (χ3v) is 5.08. The molecule has 0 radical (unpaired) electrons. The normalized spacial score (nSPS) is 18.1. The molecule has 1 unspecified atom stereocenters. The molecule has 1 heterocycles. The Bertz CT molecular complexity index is 997. The number of aliphatic hydroxyl groups is 1. The van der Waals surface area contributed by atoms with Crippen molar-refractivity contribution in [1.29, 1.82) is 0 Å². The SMILES string of the molecule is COCCCN1C(=O)C(=O)/C(=C(/O)c2cc(C)ccc2OC)C1c1cccc(O)c1. The van der Waals surface area contributed by atoms with Gasteiger partial charge in [-0.15, -0.1) is 0 Å². The van der Waals surface area contributed by atoms with Crippen molar-refractivity contribution in [3.63, 3.8) is 0 Å². The van der Waals surface area contributed by atoms with E-state index in [2.05, 4.69) is 0 Å². The number of carbonyl (C=O) groups is 2. The molecule has 0 spiro atoms. The van der Waals surface area contributed by atoms with E-state index >= 15 is 0 Å². The number of aromatic hydroxyl groups is 1. The van der Waals surface area contributed by atoms with Crippen LogP contribution in [0.4, 0.5) is 0 Å². The number of amides is 1. The van der Waals surface area contributed by atoms with Crippen LogP contribution in [-0.2, 0) is 14.3 Å². The Balaban J connectivity index is 2.19. The highest BCUT2D eigenvalue weighted by Crippen LogP contribution is 2.41. The number of likely N-dealkylation sites (tertiary alicyclic amines) is 1. The second kappa shape index (κ2) is 9.00. The number of hydrogen-bond donors (Lipinski definition) is 2. The number of ether oxygens (including phenoxy) is 2. The van der Waals surface area contributed by atoms with E-state index in [-0.39, 0.29) is 23.6 Å². The van der Waals surface area contributed by atoms with Crippen LogP contribution >= 0.6 is 0 Å². The fourth-order valence-corrected chi connectivity index (χ4v) is 3.68. The van der Waals surface area contributed by atoms with Crippen LogP contribution in [-0.4, -0.2) is 54.2 Å². The Morgan fingerprint density at radius 3 is 2.57 bits per heavy atom. The number of ketones is 1. The maximum Gasteiger partial charge on any atom is 0.295 e. The number of rotatable bonds is 7. The number of methoxy groups -OCH3 is 2. The molecule has 158 valence electrons. The Hall–Kier alpha value is -3.32. The number of Topliss-reactive ketones (excluding diaryl/α,β-unsaturated/α-hetero) is 1. The van der Waals surface area contributed by atoms with Gasteiger partial charge in [0.1, 0.15) is 17.3 Å². The van der Waals surface area contributed by atoms with Gasteiger partial charge in [-0.2, -0.15) is 0 Å². The number of nitrogens with zero attached hydrogens (tertiary/aromatic N) is 1. The Morgan fingerprint density at radius 2 is 1.90 bits per heavy atom. The lowest BCUT2D eigenvalue weighted by molar-refractivity contribution is -0.140. The summed E-state index contributed by atoms with van der Waals surface area (Å²) in [6.45, 7) is 2.54. The quantitative estimate of drug-likeness (QED) is 0.314. The molecular formula is C23H25NO6. The predicted molar refractivity (Wildman–Crippen MR) is 111 cm³/mol. The van der Waals surface area contributed by atoms with Gasteiger partial charge in [0, 0.05) is 20.3 Å². The van der Waals surface area contributed by atoms with Crippen LogP contribution in [0.25, 0.3) is 5.76 Å². The summed E-state index contributed by atoms with van der Waals surface area (Å²) in [4.78, 5) is 27.2. The predicted octanol–water partition coefficient (Wildman–Crippen LogP) is 3.17. The maximum atomic E-state index is 13.0. The van der Waals surface area contributed by atoms with Crippen LogP contribution in [0.2, 0.25) is 0 Å². The van der Waals surface area contributed by atoms with E-state index in [0.717, 1.165) is 5.56 Å². The molecule has 1 aliphatic rings. The van der Waals surface area contributed by atoms with Crippen LogP contribution in [0.3, 0.4) is 0 Å². The van der Waals surface area contributed by atoms with Crippen molar-refractivity contribution in [2.45, 2.75) is 19.4 Å². The molecule has 1 aliphatic heterocycles. The van der Waals surface area contributed by atoms with Gasteiger partial charge in [0.2, 0.25) is 0 Å². The molecule has 1 amide bonds. The molecule has 30 heavy (non-hydrogen) atoms. The molecule has 2 N–H and O–H groups in total. The van der Waals surface area contributed by atoms with Crippen molar-refractivity contribution in [2.24, 2.45) is 0 Å². The van der Waals surface area contributed by atoms with Crippen molar-refractivity contribution in [1.82, 2.24) is 4.90 Å². The number of aryl methyl sites for hydroxylation is 1. The lowest BCUT2D eigenvalue weighted by Crippen LogP contribution is -2.31. The molecule has 0 aliphatic carbocycles. The third kappa shape index (κ3) is 4.02. The second-order valence-corrected chi connectivity index (χ2v) is 7.14. The minimum absolute atomic E-state index is 0.00288. The second-order valence-electron chi connectivity index (χ2n) is 7.14. The van der Waals surface area contributed by atoms with Gasteiger partial charge < -0.3 is 24.6 Å². The average molecular weight is 411 g/mol. The number of phenols is 1. The van der Waals surface area contributed by atoms with Crippen LogP contribution < -0.4 is 4.74 Å². The molecule has 1 saturated heterocycles. The average Bonchev–Trinajstić information content (AvgIpc) is 2.98. The number of carbonyl (C=O) groups excluding carboxylic acids is 2. The largest absolute Gasteiger partial charge is 0.508 e. The zero-order valence-electron chi connectivity index (χ0n) is 17.2. The van der Waals surface area contributed by atoms with Gasteiger partial charge in [0.15, 0.2) is 0 Å². The molecule has 1 atom stereocenters. The molecule has 0 bridgehead atoms. The van der Waals surface area contributed by atoms with Gasteiger partial charge >= 0.3 is 0 Å². The standard InChI is InChI=1S/C23H25NO6/c1-14-8-9-18(30-3)17(12-14)21(26)19-20(15-6-4-7-16(25)13-15)24(10-5-11-29-2)23(28)22(19)27/h4,6-9,12-13,20,25-26H,5,10-11H2,1-3H3/b21-19+. The Labute approximate surface area is 175 Å². The zero-order valence-corrected chi connectivity index (χ0v) is 17.2. The molecule has 1 fully saturated rings. The number of benzene rings is 2. The molecule has 0 aromatic heterocycles. The van der Waals surface area contributed by atoms with Gasteiger partial charge in [0.05, 0.1) is 24.3 Å². The fourth-order valence-electron chi connectivity index (χ4n) is 3.68. The van der Waals surface area contributed by atoms with Gasteiger partial charge in [-0.25, -0.2) is 0 Å². The number of hydrogen-bond acceptors (Lipinski definition) is 6. The van der Waals surface area contributed by atoms with Gasteiger partial charge in [-0.1, -0.05) is 23.8 Å². The highest BCUT2D eigenvalue weighted by molar-refractivity contribution is 6.46. The maximum absolute atomic E-state index is 13.0. The first-order valence-corrected chi connectivity index (χ1v) is 9.60. The van der Waals surface area contributed by atoms with Gasteiger partial charge in [0.25, 0.3) is 11.7 Å². The van der Waals surface area contributed by atoms with E-state index < -0.39 is 17.7 Å². The summed E-state index contributed by atoms with van der Waals surface area (Å²) in [6, 6.07) is 10.7. The third-order valence-electron chi connectivity index (χ3n) is 5.08. The first-order valence-electron chi connectivity index (χ1n) is 9.60. The smallest absolute Gasteiger partial charge is 0.295 e. The fraction of sp³-hybridized carbons (Fsp3) is 0.304. The summed E-state index contributed by atoms with van der Waals surface area (Å²) in [6.07, 6.45) is 0.520. The number of phenolic OH excluding ortho intramolecular Hbond substituents is 1. The van der Waals surface area contributed by atoms with E-state index in [0.29, 0.717) is 29.9 Å². The highest BCUT2D eigenvalue weighted by atomic mass is 16.5. The Kier molecular flexibility index (Phi) is 6.42. The summed E-state index contributed by atoms with van der Waals surface area (Å²) < 4.78 is 10.4. The van der Waals surface area contributed by atoms with E-state index in [4.69, 9.17) is 9.47 Å². The van der Waals surface area contributed by atoms with Crippen molar-refractivity contribution in [3.05, 3.63) is 64.7 Å². The summed E-state index contributed by atoms with van der Waals surface area (Å²) >= 11 is 0. The number of aliphatic hydroxyl groups excluding tert-OH is 1. The lowest BCUT2D eigenvalue weighted by Gasteiger charge is -2.25. The molecule has 0 saturated carbocycles. The van der Waals surface area contributed by atoms with Gasteiger partial charge in [-0.3, -0.25) is 9.59 Å². The van der Waals surface area contributed by atoms with Crippen molar-refractivity contribution < 1.29 is 29.3 Å². The van der Waals surface area contributed by atoms with Crippen molar-refractivity contribution >= 4 is 17.4 Å². The molecule has 3 rings (SSSR count). The van der Waals surface area contributed by atoms with E-state index in [1.807, 2.05) is 13.0 Å². The zero-order chi connectivity index (χ0) is 21.8. The topological polar surface area (TPSA) is 96.3 Å². The first-order chi connectivity index (χ1) is 14.4. The van der Waals surface area contributed by atoms with Crippen molar-refractivity contribution in [3.8, 4) is 11.5 Å². The molecular weight excluding hydrogens is 386 g/mol. The van der Waals surface area contributed by atoms with Crippen LogP contribution in [0.5, 0.6) is 11.5 Å². The minimum Gasteiger partial charge on any atom is -0.508 e. The first kappa shape index (κ1) is 21.4. The summed E-state index contributed by atoms with van der Waals surface area (Å²) in [5.41, 5.74) is 1.69. The van der Waals surface area contributed by atoms with Crippen LogP contribution in [0, 0.1) is 6.92 Å². The Morgan fingerprint density at radius 1 is 1.13 bits per heavy atom. The van der Waals surface area contributed by atoms with E-state index in [9.17, 15) is 19.8 Å². The molecule has 2 aromatic rings.